The summed E-state index contributed by atoms with van der Waals surface area (Å²) in [5, 5.41) is 0. The number of hydrogen-bond acceptors (Lipinski definition) is 4. The molecule has 5 heteroatoms. The van der Waals surface area contributed by atoms with E-state index in [0.717, 1.165) is 5.69 Å². The van der Waals surface area contributed by atoms with Crippen molar-refractivity contribution in [2.75, 3.05) is 19.1 Å². The first kappa shape index (κ1) is 11.0. The van der Waals surface area contributed by atoms with E-state index in [0.29, 0.717) is 5.75 Å². The molecule has 0 bridgehead atoms. The lowest BCUT2D eigenvalue weighted by atomic mass is 10.3. The molecule has 1 heterocycles. The molecular weight excluding hydrogens is 220 g/mol. The van der Waals surface area contributed by atoms with Crippen molar-refractivity contribution in [3.63, 3.8) is 0 Å². The van der Waals surface area contributed by atoms with Gasteiger partial charge in [0.05, 0.1) is 19.4 Å². The number of benzene rings is 1. The first-order valence-electron chi connectivity index (χ1n) is 4.89. The molecule has 1 aliphatic rings. The van der Waals surface area contributed by atoms with E-state index in [4.69, 9.17) is 11.3 Å². The van der Waals surface area contributed by atoms with Gasteiger partial charge in [0.15, 0.2) is 5.75 Å². The molecule has 1 aliphatic heterocycles. The van der Waals surface area contributed by atoms with Crippen LogP contribution < -0.4 is 9.64 Å². The van der Waals surface area contributed by atoms with Gasteiger partial charge in [-0.15, -0.1) is 0 Å². The zero-order chi connectivity index (χ0) is 12.4. The van der Waals surface area contributed by atoms with E-state index in [1.807, 2.05) is 18.2 Å². The fraction of sp³-hybridized carbons (Fsp3) is 0.167. The summed E-state index contributed by atoms with van der Waals surface area (Å²) in [6.45, 7) is 7.02. The molecule has 86 valence electrons. The summed E-state index contributed by atoms with van der Waals surface area (Å²) >= 11 is 0. The lowest BCUT2D eigenvalue weighted by Crippen LogP contribution is -2.19. The van der Waals surface area contributed by atoms with Gasteiger partial charge in [0, 0.05) is 7.05 Å². The number of ether oxygens (including phenoxy) is 2. The van der Waals surface area contributed by atoms with Gasteiger partial charge in [-0.05, 0) is 12.1 Å². The summed E-state index contributed by atoms with van der Waals surface area (Å²) in [6, 6.07) is 7.31. The highest BCUT2D eigenvalue weighted by Gasteiger charge is 2.29. The van der Waals surface area contributed by atoms with E-state index in [2.05, 4.69) is 9.58 Å². The van der Waals surface area contributed by atoms with E-state index in [-0.39, 0.29) is 11.6 Å². The molecule has 0 fully saturated rings. The smallest absolute Gasteiger partial charge is 0.341 e. The third kappa shape index (κ3) is 1.70. The summed E-state index contributed by atoms with van der Waals surface area (Å²) in [6.07, 6.45) is 0. The molecule has 5 nitrogen and oxygen atoms in total. The second kappa shape index (κ2) is 4.18. The number of carbonyl (C=O) groups excluding carboxylic acids is 1. The molecule has 0 atom stereocenters. The lowest BCUT2D eigenvalue weighted by molar-refractivity contribution is -0.135. The molecule has 0 unspecified atom stereocenters. The molecule has 0 saturated heterocycles. The van der Waals surface area contributed by atoms with Gasteiger partial charge in [0.25, 0.3) is 0 Å². The van der Waals surface area contributed by atoms with Crippen LogP contribution in [0.1, 0.15) is 0 Å². The Labute approximate surface area is 98.7 Å². The Morgan fingerprint density at radius 3 is 2.76 bits per heavy atom. The van der Waals surface area contributed by atoms with Gasteiger partial charge in [-0.2, -0.15) is 0 Å². The monoisotopic (exact) mass is 230 g/mol. The minimum atomic E-state index is -0.699. The molecule has 0 amide bonds. The Bertz CT molecular complexity index is 543. The molecule has 2 rings (SSSR count). The van der Waals surface area contributed by atoms with Crippen LogP contribution in [0.2, 0.25) is 0 Å². The molecule has 0 saturated carbocycles. The molecule has 0 radical (unpaired) electrons. The standard InChI is InChI=1S/C12H10N2O3/c1-13-10(12(15)16-3)11-14(2)8-6-4-5-7-9(8)17-11/h4-7H,2-3H3. The molecule has 0 aliphatic carbocycles. The van der Waals surface area contributed by atoms with Crippen molar-refractivity contribution in [1.82, 2.24) is 0 Å². The van der Waals surface area contributed by atoms with Gasteiger partial charge in [-0.1, -0.05) is 12.1 Å². The summed E-state index contributed by atoms with van der Waals surface area (Å²) in [5.74, 6) is 0.123. The minimum absolute atomic E-state index is 0.161. The molecule has 1 aromatic rings. The van der Waals surface area contributed by atoms with Crippen molar-refractivity contribution in [3.8, 4) is 5.75 Å². The molecular formula is C12H10N2O3. The summed E-state index contributed by atoms with van der Waals surface area (Å²) < 4.78 is 10.0. The summed E-state index contributed by atoms with van der Waals surface area (Å²) in [4.78, 5) is 16.2. The SMILES string of the molecule is [C-]#[N+]C(C(=O)OC)=C1Oc2ccccc2N1C. The number of anilines is 1. The largest absolute Gasteiger partial charge is 0.474 e. The number of para-hydroxylation sites is 2. The Morgan fingerprint density at radius 1 is 1.47 bits per heavy atom. The average Bonchev–Trinajstić information content (AvgIpc) is 2.68. The van der Waals surface area contributed by atoms with Crippen molar-refractivity contribution in [2.24, 2.45) is 0 Å². The second-order valence-corrected chi connectivity index (χ2v) is 3.39. The number of fused-ring (bicyclic) bond motifs is 1. The van der Waals surface area contributed by atoms with Crippen molar-refractivity contribution in [3.05, 3.63) is 47.3 Å². The number of nitrogens with zero attached hydrogens (tertiary/aromatic N) is 2. The number of carbonyl (C=O) groups is 1. The number of methoxy groups -OCH3 is 1. The molecule has 0 spiro atoms. The third-order valence-electron chi connectivity index (χ3n) is 2.43. The minimum Gasteiger partial charge on any atom is -0.474 e. The maximum Gasteiger partial charge on any atom is 0.341 e. The van der Waals surface area contributed by atoms with E-state index in [9.17, 15) is 4.79 Å². The van der Waals surface area contributed by atoms with Gasteiger partial charge in [-0.3, -0.25) is 4.79 Å². The van der Waals surface area contributed by atoms with Crippen molar-refractivity contribution >= 4 is 11.7 Å². The zero-order valence-electron chi connectivity index (χ0n) is 9.43. The maximum absolute atomic E-state index is 11.4. The average molecular weight is 230 g/mol. The molecule has 17 heavy (non-hydrogen) atoms. The Morgan fingerprint density at radius 2 is 2.18 bits per heavy atom. The van der Waals surface area contributed by atoms with Gasteiger partial charge in [0.1, 0.15) is 0 Å². The fourth-order valence-electron chi connectivity index (χ4n) is 1.59. The van der Waals surface area contributed by atoms with E-state index in [1.54, 1.807) is 18.0 Å². The van der Waals surface area contributed by atoms with Crippen LogP contribution in [0.15, 0.2) is 35.8 Å². The van der Waals surface area contributed by atoms with Crippen LogP contribution in [-0.4, -0.2) is 20.1 Å². The summed E-state index contributed by atoms with van der Waals surface area (Å²) in [5.41, 5.74) is 0.652. The predicted octanol–water partition coefficient (Wildman–Crippen LogP) is 1.78. The van der Waals surface area contributed by atoms with Crippen LogP contribution in [0.4, 0.5) is 5.69 Å². The first-order chi connectivity index (χ1) is 8.19. The Kier molecular flexibility index (Phi) is 2.71. The van der Waals surface area contributed by atoms with Gasteiger partial charge in [0.2, 0.25) is 5.88 Å². The normalized spacial score (nSPS) is 15.7. The molecule has 1 aromatic carbocycles. The molecule has 0 N–H and O–H groups in total. The highest BCUT2D eigenvalue weighted by molar-refractivity contribution is 5.92. The van der Waals surface area contributed by atoms with E-state index in [1.165, 1.54) is 7.11 Å². The quantitative estimate of drug-likeness (QED) is 0.419. The van der Waals surface area contributed by atoms with Crippen molar-refractivity contribution in [1.29, 1.82) is 0 Å². The highest BCUT2D eigenvalue weighted by Crippen LogP contribution is 2.38. The van der Waals surface area contributed by atoms with Crippen LogP contribution in [0.25, 0.3) is 4.85 Å². The maximum atomic E-state index is 11.4. The van der Waals surface area contributed by atoms with Crippen molar-refractivity contribution < 1.29 is 14.3 Å². The van der Waals surface area contributed by atoms with Gasteiger partial charge in [-0.25, -0.2) is 4.85 Å². The topological polar surface area (TPSA) is 43.1 Å². The first-order valence-corrected chi connectivity index (χ1v) is 4.89. The fourth-order valence-corrected chi connectivity index (χ4v) is 1.59. The van der Waals surface area contributed by atoms with Crippen LogP contribution in [-0.2, 0) is 9.53 Å². The van der Waals surface area contributed by atoms with Gasteiger partial charge < -0.3 is 14.4 Å². The molecule has 0 aromatic heterocycles. The number of hydrogen-bond donors (Lipinski definition) is 0. The third-order valence-corrected chi connectivity index (χ3v) is 2.43. The Balaban J connectivity index is 2.49. The van der Waals surface area contributed by atoms with Crippen LogP contribution in [0, 0.1) is 6.57 Å². The number of rotatable bonds is 1. The van der Waals surface area contributed by atoms with E-state index >= 15 is 0 Å². The number of esters is 1. The zero-order valence-corrected chi connectivity index (χ0v) is 9.43. The lowest BCUT2D eigenvalue weighted by Gasteiger charge is -2.12. The van der Waals surface area contributed by atoms with Crippen LogP contribution in [0.3, 0.4) is 0 Å². The summed E-state index contributed by atoms with van der Waals surface area (Å²) in [7, 11) is 2.96. The van der Waals surface area contributed by atoms with Gasteiger partial charge >= 0.3 is 11.7 Å². The Hall–Kier alpha value is -2.48. The predicted molar refractivity (Wildman–Crippen MR) is 61.1 cm³/mol. The highest BCUT2D eigenvalue weighted by atomic mass is 16.5. The van der Waals surface area contributed by atoms with Crippen LogP contribution >= 0.6 is 0 Å². The van der Waals surface area contributed by atoms with E-state index < -0.39 is 5.97 Å². The van der Waals surface area contributed by atoms with Crippen molar-refractivity contribution in [2.45, 2.75) is 0 Å². The second-order valence-electron chi connectivity index (χ2n) is 3.39. The van der Waals surface area contributed by atoms with Crippen LogP contribution in [0.5, 0.6) is 5.75 Å².